The van der Waals surface area contributed by atoms with E-state index in [4.69, 9.17) is 8.83 Å². The van der Waals surface area contributed by atoms with Gasteiger partial charge in [-0.3, -0.25) is 0 Å². The van der Waals surface area contributed by atoms with Gasteiger partial charge in [0, 0.05) is 70.9 Å². The van der Waals surface area contributed by atoms with E-state index in [0.29, 0.717) is 0 Å². The molecule has 14 aromatic rings. The highest BCUT2D eigenvalue weighted by Gasteiger charge is 2.21. The van der Waals surface area contributed by atoms with Crippen molar-refractivity contribution in [1.82, 2.24) is 14.1 Å². The Morgan fingerprint density at radius 2 is 0.881 bits per heavy atom. The number of hydrogen-bond donors (Lipinski definition) is 1. The van der Waals surface area contributed by atoms with Crippen LogP contribution >= 0.6 is 0 Å². The van der Waals surface area contributed by atoms with E-state index in [2.05, 4.69) is 184 Å². The summed E-state index contributed by atoms with van der Waals surface area (Å²) in [6.45, 7) is 0. The van der Waals surface area contributed by atoms with E-state index in [0.717, 1.165) is 88.1 Å². The normalized spacial score (nSPS) is 12.4. The smallest absolute Gasteiger partial charge is 0.145 e. The summed E-state index contributed by atoms with van der Waals surface area (Å²) in [5.41, 5.74) is 15.0. The first-order valence-electron chi connectivity index (χ1n) is 20.1. The van der Waals surface area contributed by atoms with E-state index in [1.54, 1.807) is 0 Å². The molecule has 0 bridgehead atoms. The van der Waals surface area contributed by atoms with Crippen molar-refractivity contribution in [2.24, 2.45) is 0 Å². The monoisotopic (exact) mass is 753 g/mol. The van der Waals surface area contributed by atoms with E-state index >= 15 is 0 Å². The van der Waals surface area contributed by atoms with Gasteiger partial charge in [-0.05, 0) is 108 Å². The van der Waals surface area contributed by atoms with E-state index in [9.17, 15) is 0 Å². The molecule has 0 amide bonds. The Morgan fingerprint density at radius 1 is 0.322 bits per heavy atom. The van der Waals surface area contributed by atoms with Crippen LogP contribution in [-0.2, 0) is 0 Å². The van der Waals surface area contributed by atoms with E-state index < -0.39 is 0 Å². The highest BCUT2D eigenvalue weighted by Crippen LogP contribution is 2.43. The summed E-state index contributed by atoms with van der Waals surface area (Å²) in [6, 6.07) is 65.4. The minimum absolute atomic E-state index is 0.870. The zero-order chi connectivity index (χ0) is 38.3. The topological polar surface area (TPSA) is 51.9 Å². The maximum Gasteiger partial charge on any atom is 0.145 e. The molecule has 1 N–H and O–H groups in total. The quantitative estimate of drug-likeness (QED) is 0.195. The molecule has 0 aliphatic rings. The molecule has 0 radical (unpaired) electrons. The number of furan rings is 2. The van der Waals surface area contributed by atoms with Crippen molar-refractivity contribution in [3.8, 4) is 22.5 Å². The standard InChI is InChI=1S/C54H31N3O2/c1-5-13-44-35(9-1)40-27-31(17-22-45(40)55-44)32-18-23-48-41(28-32)36-10-2-6-14-46(36)56(48)33-20-26-52-43(30-33)38-21-24-49-53(54(38)59-52)39-12-3-7-15-47(39)57(49)34-19-25-51-42(29-34)37-11-4-8-16-50(37)58-51/h1-30,55H. The van der Waals surface area contributed by atoms with Gasteiger partial charge in [0.2, 0.25) is 0 Å². The first kappa shape index (κ1) is 31.1. The summed E-state index contributed by atoms with van der Waals surface area (Å²) >= 11 is 0. The van der Waals surface area contributed by atoms with E-state index in [-0.39, 0.29) is 0 Å². The molecule has 0 atom stereocenters. The Kier molecular flexibility index (Phi) is 5.96. The second kappa shape index (κ2) is 11.3. The van der Waals surface area contributed by atoms with E-state index in [1.807, 2.05) is 12.1 Å². The number of nitrogens with one attached hydrogen (secondary N) is 1. The fraction of sp³-hybridized carbons (Fsp3) is 0. The van der Waals surface area contributed by atoms with Crippen molar-refractivity contribution in [3.05, 3.63) is 182 Å². The Hall–Kier alpha value is -8.02. The molecule has 0 fully saturated rings. The van der Waals surface area contributed by atoms with Crippen LogP contribution in [0.1, 0.15) is 0 Å². The molecule has 14 rings (SSSR count). The molecule has 5 nitrogen and oxygen atoms in total. The predicted molar refractivity (Wildman–Crippen MR) is 244 cm³/mol. The summed E-state index contributed by atoms with van der Waals surface area (Å²) < 4.78 is 17.8. The summed E-state index contributed by atoms with van der Waals surface area (Å²) in [5, 5.41) is 11.6. The lowest BCUT2D eigenvalue weighted by Gasteiger charge is -2.09. The molecule has 0 unspecified atom stereocenters. The van der Waals surface area contributed by atoms with Gasteiger partial charge in [0.05, 0.1) is 27.5 Å². The largest absolute Gasteiger partial charge is 0.456 e. The number of aromatic nitrogens is 3. The first-order chi connectivity index (χ1) is 29.2. The van der Waals surface area contributed by atoms with Gasteiger partial charge >= 0.3 is 0 Å². The maximum absolute atomic E-state index is 6.86. The number of benzene rings is 9. The maximum atomic E-state index is 6.86. The van der Waals surface area contributed by atoms with E-state index in [1.165, 1.54) is 43.7 Å². The average molecular weight is 754 g/mol. The minimum atomic E-state index is 0.870. The minimum Gasteiger partial charge on any atom is -0.456 e. The van der Waals surface area contributed by atoms with Crippen molar-refractivity contribution in [1.29, 1.82) is 0 Å². The zero-order valence-corrected chi connectivity index (χ0v) is 31.5. The number of fused-ring (bicyclic) bond motifs is 16. The molecule has 0 spiro atoms. The third-order valence-corrected chi connectivity index (χ3v) is 12.6. The highest BCUT2D eigenvalue weighted by atomic mass is 16.3. The second-order valence-electron chi connectivity index (χ2n) is 15.8. The number of H-pyrrole nitrogens is 1. The zero-order valence-electron chi connectivity index (χ0n) is 31.5. The van der Waals surface area contributed by atoms with Crippen LogP contribution in [0.25, 0.3) is 132 Å². The van der Waals surface area contributed by atoms with Crippen LogP contribution in [0.5, 0.6) is 0 Å². The van der Waals surface area contributed by atoms with Gasteiger partial charge in [0.15, 0.2) is 0 Å². The molecular formula is C54H31N3O2. The van der Waals surface area contributed by atoms with Gasteiger partial charge in [-0.25, -0.2) is 0 Å². The number of aromatic amines is 1. The van der Waals surface area contributed by atoms with Crippen LogP contribution in [0, 0.1) is 0 Å². The van der Waals surface area contributed by atoms with Crippen LogP contribution in [0.15, 0.2) is 191 Å². The molecule has 0 saturated heterocycles. The number of rotatable bonds is 3. The van der Waals surface area contributed by atoms with Crippen molar-refractivity contribution >= 4 is 109 Å². The lowest BCUT2D eigenvalue weighted by Crippen LogP contribution is -1.93. The third-order valence-electron chi connectivity index (χ3n) is 12.6. The average Bonchev–Trinajstić information content (AvgIpc) is 4.10. The van der Waals surface area contributed by atoms with Gasteiger partial charge in [0.1, 0.15) is 22.3 Å². The van der Waals surface area contributed by atoms with Crippen LogP contribution in [0.4, 0.5) is 0 Å². The number of para-hydroxylation sites is 4. The fourth-order valence-corrected chi connectivity index (χ4v) is 10.0. The van der Waals surface area contributed by atoms with Crippen molar-refractivity contribution in [3.63, 3.8) is 0 Å². The molecule has 9 aromatic carbocycles. The van der Waals surface area contributed by atoms with Crippen LogP contribution in [0.2, 0.25) is 0 Å². The molecule has 0 saturated carbocycles. The van der Waals surface area contributed by atoms with Crippen molar-refractivity contribution in [2.75, 3.05) is 0 Å². The third kappa shape index (κ3) is 4.23. The molecule has 0 aliphatic carbocycles. The fourth-order valence-electron chi connectivity index (χ4n) is 10.0. The summed E-state index contributed by atoms with van der Waals surface area (Å²) in [4.78, 5) is 3.57. The highest BCUT2D eigenvalue weighted by molar-refractivity contribution is 6.24. The van der Waals surface area contributed by atoms with Crippen LogP contribution in [0.3, 0.4) is 0 Å². The Balaban J connectivity index is 0.948. The van der Waals surface area contributed by atoms with Crippen LogP contribution in [-0.4, -0.2) is 14.1 Å². The Morgan fingerprint density at radius 3 is 1.71 bits per heavy atom. The predicted octanol–water partition coefficient (Wildman–Crippen LogP) is 15.0. The molecule has 5 aromatic heterocycles. The number of hydrogen-bond acceptors (Lipinski definition) is 2. The Labute approximate surface area is 335 Å². The summed E-state index contributed by atoms with van der Waals surface area (Å²) in [7, 11) is 0. The lowest BCUT2D eigenvalue weighted by atomic mass is 10.0. The molecule has 5 heteroatoms. The van der Waals surface area contributed by atoms with Crippen LogP contribution < -0.4 is 0 Å². The second-order valence-corrected chi connectivity index (χ2v) is 15.8. The van der Waals surface area contributed by atoms with Gasteiger partial charge in [0.25, 0.3) is 0 Å². The van der Waals surface area contributed by atoms with Gasteiger partial charge in [-0.2, -0.15) is 0 Å². The SMILES string of the molecule is c1ccc2c(c1)[nH]c1ccc(-c3ccc4c(c3)c3ccccc3n4-c3ccc4oc5c(ccc6c5c5ccccc5n6-c5ccc6oc7ccccc7c6c5)c4c3)cc12. The van der Waals surface area contributed by atoms with Gasteiger partial charge in [-0.15, -0.1) is 0 Å². The molecule has 59 heavy (non-hydrogen) atoms. The summed E-state index contributed by atoms with van der Waals surface area (Å²) in [6.07, 6.45) is 0. The van der Waals surface area contributed by atoms with Gasteiger partial charge in [-0.1, -0.05) is 84.9 Å². The van der Waals surface area contributed by atoms with Crippen molar-refractivity contribution < 1.29 is 8.83 Å². The van der Waals surface area contributed by atoms with Gasteiger partial charge < -0.3 is 23.0 Å². The molecule has 5 heterocycles. The lowest BCUT2D eigenvalue weighted by molar-refractivity contribution is 0.669. The van der Waals surface area contributed by atoms with Crippen molar-refractivity contribution in [2.45, 2.75) is 0 Å². The first-order valence-corrected chi connectivity index (χ1v) is 20.1. The molecular weight excluding hydrogens is 723 g/mol. The molecule has 0 aliphatic heterocycles. The molecule has 274 valence electrons. The Bertz CT molecular complexity index is 4090. The summed E-state index contributed by atoms with van der Waals surface area (Å²) in [5.74, 6) is 0. The number of nitrogens with zero attached hydrogens (tertiary/aromatic N) is 2.